The molecule has 1 unspecified atom stereocenters. The third kappa shape index (κ3) is 12.7. The summed E-state index contributed by atoms with van der Waals surface area (Å²) in [6.07, 6.45) is 12.3. The summed E-state index contributed by atoms with van der Waals surface area (Å²) in [4.78, 5) is 69.8. The first-order chi connectivity index (χ1) is 43.0. The third-order valence-electron chi connectivity index (χ3n) is 18.8. The number of likely N-dealkylation sites (tertiary alicyclic amines) is 2. The molecule has 23 heteroatoms. The minimum absolute atomic E-state index is 0.0324. The van der Waals surface area contributed by atoms with Gasteiger partial charge in [0.1, 0.15) is 47.2 Å². The predicted molar refractivity (Wildman–Crippen MR) is 333 cm³/mol. The normalized spacial score (nSPS) is 20.8. The Balaban J connectivity index is 0.656. The molecule has 4 aromatic heterocycles. The van der Waals surface area contributed by atoms with E-state index in [1.807, 2.05) is 68.4 Å². The van der Waals surface area contributed by atoms with Crippen molar-refractivity contribution in [3.05, 3.63) is 101 Å². The maximum absolute atomic E-state index is 17.5. The first-order valence-corrected chi connectivity index (χ1v) is 31.7. The van der Waals surface area contributed by atoms with E-state index < -0.39 is 35.8 Å². The van der Waals surface area contributed by atoms with Crippen LogP contribution >= 0.6 is 11.3 Å². The number of thiazole rings is 1. The van der Waals surface area contributed by atoms with Crippen LogP contribution in [0.5, 0.6) is 11.8 Å². The maximum atomic E-state index is 17.5. The van der Waals surface area contributed by atoms with Crippen molar-refractivity contribution < 1.29 is 52.1 Å². The number of carbonyl (C=O) groups is 3. The Hall–Kier alpha value is -8.04. The number of carboxylic acid groups (broad SMARTS) is 1. The lowest BCUT2D eigenvalue weighted by Gasteiger charge is -2.40. The first kappa shape index (κ1) is 61.2. The molecule has 9 heterocycles. The van der Waals surface area contributed by atoms with Gasteiger partial charge in [-0.2, -0.15) is 9.97 Å². The SMILES string of the molecule is C#Cc1c(F)ccc2cc(OCOC)cc(-c3ncc4c(N5C[C@H]6CC[C@@H](C5)N6C(=O)O)nc(OCCN5CCC(CC6CCN(c7cc(C(C(=O)N8C[C@H](O)C[C@H]8C(=O)N[C@@H](C)c8ccc(-c9scnc9C)cc8)C(C)C)on7)CC6)CC5)nc4c3F)c12. The summed E-state index contributed by atoms with van der Waals surface area (Å²) in [5.41, 5.74) is 4.73. The van der Waals surface area contributed by atoms with Gasteiger partial charge in [0.05, 0.1) is 51.3 Å². The van der Waals surface area contributed by atoms with Crippen LogP contribution in [0.1, 0.15) is 107 Å². The number of halogens is 2. The van der Waals surface area contributed by atoms with E-state index in [0.29, 0.717) is 78.2 Å². The number of β-amino-alcohol motifs (C(OH)–C–C–N with tert-alkyl or cyclic N) is 1. The molecular weight excluding hydrogens is 1160 g/mol. The Morgan fingerprint density at radius 1 is 0.899 bits per heavy atom. The number of terminal acetylenes is 1. The van der Waals surface area contributed by atoms with E-state index in [9.17, 15) is 24.6 Å². The zero-order chi connectivity index (χ0) is 62.2. The molecule has 7 aromatic rings. The average Bonchev–Trinajstić information content (AvgIpc) is 1.09. The number of nitrogens with one attached hydrogen (secondary N) is 1. The number of aryl methyl sites for hydroxylation is 1. The number of amides is 3. The molecule has 5 fully saturated rings. The van der Waals surface area contributed by atoms with Gasteiger partial charge in [-0.3, -0.25) is 24.4 Å². The number of piperazine rings is 1. The number of pyridine rings is 1. The van der Waals surface area contributed by atoms with Crippen LogP contribution in [0, 0.1) is 48.7 Å². The average molecular weight is 1240 g/mol. The Morgan fingerprint density at radius 3 is 2.30 bits per heavy atom. The molecule has 89 heavy (non-hydrogen) atoms. The number of anilines is 2. The molecule has 6 atom stereocenters. The standard InChI is InChI=1S/C66H75F2N11O9S/c1-7-49-52(67)15-12-44-27-48(87-36-85-6)29-50(57(44)49)59-58(68)60-51(31-69-59)62(77-32-45-13-14-46(33-77)79(45)66(83)84)73-65(72-60)86-25-24-75-20-16-40(17-21-75)26-41-18-22-76(23-19-41)55-30-54(88-74-55)56(37(2)3)64(82)78-34-47(80)28-53(78)63(81)71-38(4)42-8-10-43(11-9-42)61-39(5)70-35-89-61/h1,8-12,15,27,29-31,35,37-38,40-41,45-47,53,56,80H,13-14,16-26,28,32-34,36H2,2-6H3,(H,71,81)(H,83,84)/t38-,45-,46+,47+,53-,56?/m0/s1. The van der Waals surface area contributed by atoms with Gasteiger partial charge in [0.2, 0.25) is 11.8 Å². The summed E-state index contributed by atoms with van der Waals surface area (Å²) in [6.45, 7) is 12.7. The zero-order valence-corrected chi connectivity index (χ0v) is 51.6. The van der Waals surface area contributed by atoms with Crippen molar-refractivity contribution in [2.24, 2.45) is 17.8 Å². The van der Waals surface area contributed by atoms with Crippen LogP contribution in [-0.2, 0) is 14.3 Å². The van der Waals surface area contributed by atoms with Gasteiger partial charge in [-0.1, -0.05) is 55.3 Å². The Labute approximate surface area is 519 Å². The van der Waals surface area contributed by atoms with Gasteiger partial charge in [0.15, 0.2) is 24.2 Å². The van der Waals surface area contributed by atoms with Crippen molar-refractivity contribution in [3.8, 4) is 45.8 Å². The highest BCUT2D eigenvalue weighted by molar-refractivity contribution is 7.13. The van der Waals surface area contributed by atoms with Crippen molar-refractivity contribution in [1.29, 1.82) is 0 Å². The van der Waals surface area contributed by atoms with Gasteiger partial charge in [-0.05, 0) is 124 Å². The molecule has 2 bridgehead atoms. The molecular formula is C66H75F2N11O9S. The van der Waals surface area contributed by atoms with Crippen LogP contribution < -0.4 is 24.6 Å². The van der Waals surface area contributed by atoms with Crippen molar-refractivity contribution in [2.45, 2.75) is 115 Å². The summed E-state index contributed by atoms with van der Waals surface area (Å²) < 4.78 is 56.0. The number of nitrogens with zero attached hydrogens (tertiary/aromatic N) is 10. The van der Waals surface area contributed by atoms with Gasteiger partial charge >= 0.3 is 12.1 Å². The largest absolute Gasteiger partial charge is 0.468 e. The van der Waals surface area contributed by atoms with Gasteiger partial charge in [-0.15, -0.1) is 17.8 Å². The molecule has 0 spiro atoms. The van der Waals surface area contributed by atoms with Crippen LogP contribution in [0.25, 0.3) is 43.4 Å². The molecule has 0 saturated carbocycles. The highest BCUT2D eigenvalue weighted by Crippen LogP contribution is 2.42. The van der Waals surface area contributed by atoms with E-state index in [0.717, 1.165) is 80.0 Å². The lowest BCUT2D eigenvalue weighted by molar-refractivity contribution is -0.141. The second-order valence-electron chi connectivity index (χ2n) is 24.8. The molecule has 468 valence electrons. The molecule has 0 radical (unpaired) electrons. The van der Waals surface area contributed by atoms with Crippen LogP contribution in [0.2, 0.25) is 0 Å². The molecule has 3 aromatic carbocycles. The number of aliphatic hydroxyl groups excluding tert-OH is 1. The predicted octanol–water partition coefficient (Wildman–Crippen LogP) is 9.81. The highest BCUT2D eigenvalue weighted by atomic mass is 32.1. The molecule has 0 aliphatic carbocycles. The van der Waals surface area contributed by atoms with Crippen molar-refractivity contribution >= 4 is 62.6 Å². The summed E-state index contributed by atoms with van der Waals surface area (Å²) in [5, 5.41) is 29.6. The maximum Gasteiger partial charge on any atom is 0.407 e. The number of piperidine rings is 2. The number of methoxy groups -OCH3 is 1. The van der Waals surface area contributed by atoms with Crippen molar-refractivity contribution in [1.82, 2.24) is 45.1 Å². The van der Waals surface area contributed by atoms with E-state index in [2.05, 4.69) is 41.1 Å². The Morgan fingerprint density at radius 2 is 1.63 bits per heavy atom. The number of aliphatic hydroxyl groups is 1. The van der Waals surface area contributed by atoms with Gasteiger partial charge < -0.3 is 49.0 Å². The van der Waals surface area contributed by atoms with E-state index in [1.54, 1.807) is 29.5 Å². The smallest absolute Gasteiger partial charge is 0.407 e. The van der Waals surface area contributed by atoms with Crippen molar-refractivity contribution in [3.63, 3.8) is 0 Å². The number of hydrogen-bond acceptors (Lipinski definition) is 17. The summed E-state index contributed by atoms with van der Waals surface area (Å²) in [5.74, 6) is 2.51. The van der Waals surface area contributed by atoms with E-state index in [-0.39, 0.29) is 96.0 Å². The topological polar surface area (TPSA) is 225 Å². The molecule has 5 saturated heterocycles. The number of hydrogen-bond donors (Lipinski definition) is 3. The number of rotatable bonds is 19. The molecule has 3 amide bonds. The van der Waals surface area contributed by atoms with Gasteiger partial charge in [0.25, 0.3) is 0 Å². The lowest BCUT2D eigenvalue weighted by Crippen LogP contribution is -2.55. The van der Waals surface area contributed by atoms with Crippen LogP contribution in [0.3, 0.4) is 0 Å². The lowest BCUT2D eigenvalue weighted by atomic mass is 9.83. The Kier molecular flexibility index (Phi) is 18.0. The molecule has 5 aliphatic rings. The second-order valence-corrected chi connectivity index (χ2v) is 25.7. The fourth-order valence-corrected chi connectivity index (χ4v) is 14.9. The van der Waals surface area contributed by atoms with E-state index >= 15 is 8.78 Å². The van der Waals surface area contributed by atoms with E-state index in [1.165, 1.54) is 29.2 Å². The number of fused-ring (bicyclic) bond motifs is 4. The van der Waals surface area contributed by atoms with E-state index in [4.69, 9.17) is 30.1 Å². The first-order valence-electron chi connectivity index (χ1n) is 30.9. The molecule has 20 nitrogen and oxygen atoms in total. The number of benzene rings is 3. The second kappa shape index (κ2) is 26.2. The van der Waals surface area contributed by atoms with Gasteiger partial charge in [-0.25, -0.2) is 18.6 Å². The van der Waals surface area contributed by atoms with Crippen molar-refractivity contribution in [2.75, 3.05) is 82.7 Å². The monoisotopic (exact) mass is 1240 g/mol. The fraction of sp³-hybridized carbons (Fsp3) is 0.485. The fourth-order valence-electron chi connectivity index (χ4n) is 14.1. The third-order valence-corrected chi connectivity index (χ3v) is 19.8. The number of ether oxygens (including phenoxy) is 3. The number of carbonyl (C=O) groups excluding carboxylic acids is 2. The minimum atomic E-state index is -0.969. The van der Waals surface area contributed by atoms with Crippen LogP contribution in [0.4, 0.5) is 25.2 Å². The summed E-state index contributed by atoms with van der Waals surface area (Å²) >= 11 is 1.59. The molecule has 5 aliphatic heterocycles. The summed E-state index contributed by atoms with van der Waals surface area (Å²) in [7, 11) is 1.48. The van der Waals surface area contributed by atoms with Crippen LogP contribution in [0.15, 0.2) is 70.8 Å². The quantitative estimate of drug-likeness (QED) is 0.0506. The molecule has 12 rings (SSSR count). The summed E-state index contributed by atoms with van der Waals surface area (Å²) in [6, 6.07) is 14.2. The minimum Gasteiger partial charge on any atom is -0.468 e. The number of aromatic nitrogens is 5. The van der Waals surface area contributed by atoms with Crippen LogP contribution in [-0.4, -0.2) is 165 Å². The zero-order valence-electron chi connectivity index (χ0n) is 50.7. The van der Waals surface area contributed by atoms with Gasteiger partial charge in [0, 0.05) is 76.0 Å². The highest BCUT2D eigenvalue weighted by Gasteiger charge is 2.45. The Bertz CT molecular complexity index is 3770. The molecule has 3 N–H and O–H groups in total.